The van der Waals surface area contributed by atoms with Gasteiger partial charge in [0.2, 0.25) is 0 Å². The Hall–Kier alpha value is -6.56. The molecule has 10 aromatic carbocycles. The number of anilines is 2. The van der Waals surface area contributed by atoms with Gasteiger partial charge in [-0.2, -0.15) is 0 Å². The quantitative estimate of drug-likeness (QED) is 0.0966. The first-order valence-electron chi connectivity index (χ1n) is 18.9. The third-order valence-electron chi connectivity index (χ3n) is 10.7. The summed E-state index contributed by atoms with van der Waals surface area (Å²) < 4.78 is 0.925. The van der Waals surface area contributed by atoms with Gasteiger partial charge in [0.05, 0.1) is 11.4 Å². The molecular formula is C53H35IN2. The van der Waals surface area contributed by atoms with Crippen molar-refractivity contribution in [2.24, 2.45) is 4.99 Å². The van der Waals surface area contributed by atoms with Crippen LogP contribution in [0.25, 0.3) is 76.5 Å². The number of nitrogens with one attached hydrogen (secondary N) is 1. The number of aliphatic imine (C=N–C) groups is 1. The Morgan fingerprint density at radius 3 is 1.61 bits per heavy atom. The van der Waals surface area contributed by atoms with Crippen molar-refractivity contribution in [1.29, 1.82) is 0 Å². The second kappa shape index (κ2) is 14.6. The minimum absolute atomic E-state index is 0.894. The third-order valence-corrected chi connectivity index (χ3v) is 11.6. The van der Waals surface area contributed by atoms with Crippen LogP contribution in [0.4, 0.5) is 17.1 Å². The highest BCUT2D eigenvalue weighted by Gasteiger charge is 2.18. The van der Waals surface area contributed by atoms with Crippen LogP contribution in [-0.2, 0) is 0 Å². The van der Waals surface area contributed by atoms with Gasteiger partial charge >= 0.3 is 0 Å². The van der Waals surface area contributed by atoms with Gasteiger partial charge in [-0.3, -0.25) is 0 Å². The summed E-state index contributed by atoms with van der Waals surface area (Å²) in [6.45, 7) is 0. The summed E-state index contributed by atoms with van der Waals surface area (Å²) in [4.78, 5) is 5.13. The van der Waals surface area contributed by atoms with Gasteiger partial charge in [0.25, 0.3) is 0 Å². The largest absolute Gasteiger partial charge is 0.354 e. The number of fused-ring (bicyclic) bond motifs is 4. The molecule has 0 bridgehead atoms. The average Bonchev–Trinajstić information content (AvgIpc) is 3.26. The molecule has 0 aliphatic rings. The molecule has 0 aliphatic heterocycles. The summed E-state index contributed by atoms with van der Waals surface area (Å²) in [6, 6.07) is 74.2. The molecule has 0 heterocycles. The zero-order valence-corrected chi connectivity index (χ0v) is 32.6. The smallest absolute Gasteiger partial charge is 0.109 e. The van der Waals surface area contributed by atoms with Crippen molar-refractivity contribution in [3.63, 3.8) is 0 Å². The molecule has 0 aromatic heterocycles. The van der Waals surface area contributed by atoms with E-state index in [0.29, 0.717) is 0 Å². The summed E-state index contributed by atoms with van der Waals surface area (Å²) in [5.41, 5.74) is 11.2. The highest BCUT2D eigenvalue weighted by molar-refractivity contribution is 14.1. The Bertz CT molecular complexity index is 3130. The molecule has 10 rings (SSSR count). The summed E-state index contributed by atoms with van der Waals surface area (Å²) in [7, 11) is 0. The molecule has 264 valence electrons. The first-order valence-corrected chi connectivity index (χ1v) is 20.0. The molecule has 0 saturated carbocycles. The maximum absolute atomic E-state index is 5.13. The van der Waals surface area contributed by atoms with Crippen molar-refractivity contribution in [3.8, 4) is 33.4 Å². The minimum Gasteiger partial charge on any atom is -0.354 e. The molecule has 0 aliphatic carbocycles. The Balaban J connectivity index is 1.15. The Morgan fingerprint density at radius 2 is 0.911 bits per heavy atom. The van der Waals surface area contributed by atoms with Gasteiger partial charge in [-0.25, -0.2) is 4.99 Å². The molecule has 0 spiro atoms. The molecule has 0 fully saturated rings. The molecule has 0 atom stereocenters. The molecular weight excluding hydrogens is 792 g/mol. The zero-order chi connectivity index (χ0) is 37.4. The van der Waals surface area contributed by atoms with Crippen molar-refractivity contribution in [3.05, 3.63) is 212 Å². The van der Waals surface area contributed by atoms with E-state index in [-0.39, 0.29) is 0 Å². The van der Waals surface area contributed by atoms with E-state index in [1.54, 1.807) is 0 Å². The van der Waals surface area contributed by atoms with Crippen LogP contribution in [0.5, 0.6) is 0 Å². The van der Waals surface area contributed by atoms with Crippen molar-refractivity contribution in [1.82, 2.24) is 0 Å². The van der Waals surface area contributed by atoms with Crippen LogP contribution >= 0.6 is 22.6 Å². The predicted octanol–water partition coefficient (Wildman–Crippen LogP) is 15.6. The van der Waals surface area contributed by atoms with E-state index in [2.05, 4.69) is 204 Å². The SMILES string of the molecule is I/C(=N\c1ccccc1Nc1ccccc1)c1cccc(-c2ccc3c(-c4ccc5ccccc5c4)c4ccccc4c(-c4ccc5ccccc5c4)c3c2)c1. The van der Waals surface area contributed by atoms with Crippen molar-refractivity contribution < 1.29 is 0 Å². The molecule has 3 heteroatoms. The summed E-state index contributed by atoms with van der Waals surface area (Å²) in [6.07, 6.45) is 0. The van der Waals surface area contributed by atoms with E-state index in [1.807, 2.05) is 30.3 Å². The van der Waals surface area contributed by atoms with E-state index in [1.165, 1.54) is 65.3 Å². The molecule has 0 saturated heterocycles. The van der Waals surface area contributed by atoms with E-state index in [4.69, 9.17) is 4.99 Å². The third kappa shape index (κ3) is 6.40. The van der Waals surface area contributed by atoms with Crippen LogP contribution in [0.1, 0.15) is 5.56 Å². The second-order valence-corrected chi connectivity index (χ2v) is 15.2. The standard InChI is InChI=1S/C53H35IN2/c54-53(56-50-24-11-10-23-49(50)55-44-19-2-1-3-20-44)43-18-12-17-39(33-43)40-29-30-47-48(34-40)52(42-28-26-36-14-5-7-16-38(36)32-42)46-22-9-8-21-45(46)51(47)41-27-25-35-13-4-6-15-37(35)31-41/h1-34,55H/b56-53-. The maximum atomic E-state index is 5.13. The summed E-state index contributed by atoms with van der Waals surface area (Å²) in [5, 5.41) is 13.5. The topological polar surface area (TPSA) is 24.4 Å². The lowest BCUT2D eigenvalue weighted by atomic mass is 9.84. The van der Waals surface area contributed by atoms with Crippen molar-refractivity contribution in [2.75, 3.05) is 5.32 Å². The lowest BCUT2D eigenvalue weighted by Gasteiger charge is -2.19. The van der Waals surface area contributed by atoms with Crippen LogP contribution in [-0.4, -0.2) is 3.72 Å². The molecule has 2 nitrogen and oxygen atoms in total. The van der Waals surface area contributed by atoms with Crippen LogP contribution in [0, 0.1) is 0 Å². The first-order chi connectivity index (χ1) is 27.7. The van der Waals surface area contributed by atoms with Crippen LogP contribution in [0.15, 0.2) is 211 Å². The lowest BCUT2D eigenvalue weighted by molar-refractivity contribution is 1.48. The van der Waals surface area contributed by atoms with E-state index < -0.39 is 0 Å². The highest BCUT2D eigenvalue weighted by Crippen LogP contribution is 2.46. The van der Waals surface area contributed by atoms with Gasteiger partial charge < -0.3 is 5.32 Å². The minimum atomic E-state index is 0.894. The second-order valence-electron chi connectivity index (χ2n) is 14.2. The number of nitrogens with zero attached hydrogens (tertiary/aromatic N) is 1. The van der Waals surface area contributed by atoms with Gasteiger partial charge in [-0.1, -0.05) is 158 Å². The number of benzene rings is 10. The van der Waals surface area contributed by atoms with Gasteiger partial charge in [0, 0.05) is 11.3 Å². The Labute approximate surface area is 340 Å². The number of hydrogen-bond donors (Lipinski definition) is 1. The average molecular weight is 827 g/mol. The number of halogens is 1. The number of para-hydroxylation sites is 3. The highest BCUT2D eigenvalue weighted by atomic mass is 127. The lowest BCUT2D eigenvalue weighted by Crippen LogP contribution is -1.94. The number of hydrogen-bond acceptors (Lipinski definition) is 2. The van der Waals surface area contributed by atoms with Crippen molar-refractivity contribution >= 4 is 86.5 Å². The monoisotopic (exact) mass is 826 g/mol. The van der Waals surface area contributed by atoms with E-state index >= 15 is 0 Å². The van der Waals surface area contributed by atoms with E-state index in [0.717, 1.165) is 37.5 Å². The van der Waals surface area contributed by atoms with Crippen LogP contribution in [0.3, 0.4) is 0 Å². The van der Waals surface area contributed by atoms with Gasteiger partial charge in [0.15, 0.2) is 0 Å². The first kappa shape index (κ1) is 34.0. The Morgan fingerprint density at radius 1 is 0.375 bits per heavy atom. The molecule has 10 aromatic rings. The fourth-order valence-corrected chi connectivity index (χ4v) is 8.62. The fraction of sp³-hybridized carbons (Fsp3) is 0. The van der Waals surface area contributed by atoms with Gasteiger partial charge in [-0.05, 0) is 148 Å². The summed E-state index contributed by atoms with van der Waals surface area (Å²) >= 11 is 2.38. The van der Waals surface area contributed by atoms with Crippen LogP contribution < -0.4 is 5.32 Å². The molecule has 0 radical (unpaired) electrons. The normalized spacial score (nSPS) is 11.8. The molecule has 1 N–H and O–H groups in total. The van der Waals surface area contributed by atoms with Gasteiger partial charge in [-0.15, -0.1) is 0 Å². The van der Waals surface area contributed by atoms with Gasteiger partial charge in [0.1, 0.15) is 3.72 Å². The van der Waals surface area contributed by atoms with E-state index in [9.17, 15) is 0 Å². The van der Waals surface area contributed by atoms with Crippen LogP contribution in [0.2, 0.25) is 0 Å². The molecule has 0 unspecified atom stereocenters. The Kier molecular flexibility index (Phi) is 8.85. The fourth-order valence-electron chi connectivity index (χ4n) is 8.02. The maximum Gasteiger partial charge on any atom is 0.109 e. The van der Waals surface area contributed by atoms with Crippen molar-refractivity contribution in [2.45, 2.75) is 0 Å². The predicted molar refractivity (Wildman–Crippen MR) is 249 cm³/mol. The molecule has 0 amide bonds. The zero-order valence-electron chi connectivity index (χ0n) is 30.5. The number of rotatable bonds is 7. The summed E-state index contributed by atoms with van der Waals surface area (Å²) in [5.74, 6) is 0. The molecule has 56 heavy (non-hydrogen) atoms.